The van der Waals surface area contributed by atoms with Crippen molar-refractivity contribution < 1.29 is 33.8 Å². The summed E-state index contributed by atoms with van der Waals surface area (Å²) in [7, 11) is 0. The number of carbonyl (C=O) groups excluding carboxylic acids is 3. The number of alkyl carbamates (subject to hydrolysis) is 1. The van der Waals surface area contributed by atoms with Gasteiger partial charge in [-0.1, -0.05) is 68.4 Å². The number of hydrogen-bond donors (Lipinski definition) is 4. The highest BCUT2D eigenvalue weighted by Crippen LogP contribution is 2.32. The fourth-order valence-corrected chi connectivity index (χ4v) is 4.88. The number of ether oxygens (including phenoxy) is 2. The topological polar surface area (TPSA) is 156 Å². The summed E-state index contributed by atoms with van der Waals surface area (Å²) in [4.78, 5) is 53.6. The van der Waals surface area contributed by atoms with Crippen molar-refractivity contribution in [3.8, 4) is 16.3 Å². The van der Waals surface area contributed by atoms with Gasteiger partial charge < -0.3 is 19.9 Å². The van der Waals surface area contributed by atoms with Crippen LogP contribution in [0.25, 0.3) is 10.6 Å². The highest BCUT2D eigenvalue weighted by Gasteiger charge is 2.24. The number of carboxylic acids is 1. The zero-order valence-corrected chi connectivity index (χ0v) is 24.9. The molecule has 0 aliphatic carbocycles. The molecule has 0 spiro atoms. The summed E-state index contributed by atoms with van der Waals surface area (Å²) in [5.41, 5.74) is 7.26. The van der Waals surface area contributed by atoms with Crippen LogP contribution in [0.3, 0.4) is 0 Å². The molecule has 4 aromatic rings. The van der Waals surface area contributed by atoms with E-state index < -0.39 is 29.9 Å². The summed E-state index contributed by atoms with van der Waals surface area (Å²) in [5.74, 6) is -1.63. The van der Waals surface area contributed by atoms with E-state index >= 15 is 0 Å². The average molecular weight is 617 g/mol. The van der Waals surface area contributed by atoms with Crippen LogP contribution in [0, 0.1) is 5.92 Å². The maximum absolute atomic E-state index is 12.9. The Balaban J connectivity index is 1.33. The lowest BCUT2D eigenvalue weighted by atomic mass is 10.0. The molecule has 4 N–H and O–H groups in total. The van der Waals surface area contributed by atoms with Crippen molar-refractivity contribution in [1.29, 1.82) is 0 Å². The van der Waals surface area contributed by atoms with E-state index in [9.17, 15) is 19.2 Å². The number of thiazole rings is 1. The van der Waals surface area contributed by atoms with Crippen LogP contribution in [0.2, 0.25) is 0 Å². The molecular formula is C32H32N4O7S. The van der Waals surface area contributed by atoms with Crippen LogP contribution < -0.4 is 20.9 Å². The van der Waals surface area contributed by atoms with Gasteiger partial charge in [0.25, 0.3) is 11.8 Å². The fourth-order valence-electron chi connectivity index (χ4n) is 4.06. The van der Waals surface area contributed by atoms with Crippen LogP contribution in [0.15, 0.2) is 84.2 Å². The number of nitrogens with one attached hydrogen (secondary N) is 3. The predicted octanol–water partition coefficient (Wildman–Crippen LogP) is 5.19. The van der Waals surface area contributed by atoms with Crippen molar-refractivity contribution in [1.82, 2.24) is 21.2 Å². The van der Waals surface area contributed by atoms with Crippen molar-refractivity contribution in [2.45, 2.75) is 39.5 Å². The minimum Gasteiger partial charge on any atom is -0.488 e. The lowest BCUT2D eigenvalue weighted by Crippen LogP contribution is -2.52. The molecule has 11 nitrogen and oxygen atoms in total. The quantitative estimate of drug-likeness (QED) is 0.159. The molecule has 228 valence electrons. The minimum atomic E-state index is -1.00. The third-order valence-electron chi connectivity index (χ3n) is 6.28. The van der Waals surface area contributed by atoms with Crippen LogP contribution in [0.1, 0.15) is 52.2 Å². The maximum Gasteiger partial charge on any atom is 0.408 e. The molecule has 1 heterocycles. The summed E-state index contributed by atoms with van der Waals surface area (Å²) in [6, 6.07) is 21.8. The highest BCUT2D eigenvalue weighted by atomic mass is 32.1. The number of para-hydroxylation sites is 1. The normalized spacial score (nSPS) is 11.3. The zero-order chi connectivity index (χ0) is 31.5. The SMILES string of the molecule is CC(C)C[C@H](NC(=O)OCc1ccccc1)C(=O)NNC(=O)c1csc(-c2ccccc2OCc2ccc(C(=O)O)cc2)n1. The molecule has 0 fully saturated rings. The smallest absolute Gasteiger partial charge is 0.408 e. The minimum absolute atomic E-state index is 0.0552. The molecule has 12 heteroatoms. The summed E-state index contributed by atoms with van der Waals surface area (Å²) < 4.78 is 11.2. The first-order chi connectivity index (χ1) is 21.2. The van der Waals surface area contributed by atoms with E-state index in [2.05, 4.69) is 21.2 Å². The van der Waals surface area contributed by atoms with Crippen molar-refractivity contribution in [3.63, 3.8) is 0 Å². The number of aromatic carboxylic acids is 1. The van der Waals surface area contributed by atoms with E-state index in [1.165, 1.54) is 23.5 Å². The Kier molecular flexibility index (Phi) is 11.0. The molecule has 3 aromatic carbocycles. The number of nitrogens with zero attached hydrogens (tertiary/aromatic N) is 1. The summed E-state index contributed by atoms with van der Waals surface area (Å²) >= 11 is 1.23. The van der Waals surface area contributed by atoms with Crippen LogP contribution in [0.4, 0.5) is 4.79 Å². The van der Waals surface area contributed by atoms with Gasteiger partial charge in [-0.3, -0.25) is 20.4 Å². The average Bonchev–Trinajstić information content (AvgIpc) is 3.52. The van der Waals surface area contributed by atoms with Gasteiger partial charge in [0.05, 0.1) is 11.1 Å². The number of aromatic nitrogens is 1. The molecular weight excluding hydrogens is 584 g/mol. The number of hydrazine groups is 1. The first kappa shape index (κ1) is 31.7. The molecule has 3 amide bonds. The van der Waals surface area contributed by atoms with Gasteiger partial charge in [0.2, 0.25) is 0 Å². The second-order valence-corrected chi connectivity index (χ2v) is 11.0. The largest absolute Gasteiger partial charge is 0.488 e. The Morgan fingerprint density at radius 1 is 0.864 bits per heavy atom. The zero-order valence-electron chi connectivity index (χ0n) is 24.1. The van der Waals surface area contributed by atoms with Crippen molar-refractivity contribution in [2.75, 3.05) is 0 Å². The first-order valence-corrected chi connectivity index (χ1v) is 14.6. The Morgan fingerprint density at radius 2 is 1.55 bits per heavy atom. The van der Waals surface area contributed by atoms with E-state index in [4.69, 9.17) is 14.6 Å². The molecule has 0 saturated heterocycles. The van der Waals surface area contributed by atoms with E-state index in [1.54, 1.807) is 23.6 Å². The molecule has 1 atom stereocenters. The number of hydrogen-bond acceptors (Lipinski definition) is 8. The Hall–Kier alpha value is -5.23. The number of amides is 3. The summed E-state index contributed by atoms with van der Waals surface area (Å²) in [5, 5.41) is 13.7. The number of carboxylic acid groups (broad SMARTS) is 1. The van der Waals surface area contributed by atoms with Gasteiger partial charge in [-0.25, -0.2) is 14.6 Å². The predicted molar refractivity (Wildman–Crippen MR) is 164 cm³/mol. The van der Waals surface area contributed by atoms with Crippen molar-refractivity contribution in [2.24, 2.45) is 5.92 Å². The number of rotatable bonds is 12. The highest BCUT2D eigenvalue weighted by molar-refractivity contribution is 7.13. The second kappa shape index (κ2) is 15.3. The van der Waals surface area contributed by atoms with Gasteiger partial charge in [-0.15, -0.1) is 11.3 Å². The molecule has 44 heavy (non-hydrogen) atoms. The lowest BCUT2D eigenvalue weighted by Gasteiger charge is -2.20. The fraction of sp³-hybridized carbons (Fsp3) is 0.219. The third kappa shape index (κ3) is 9.13. The molecule has 0 aliphatic heterocycles. The van der Waals surface area contributed by atoms with Gasteiger partial charge in [0, 0.05) is 5.38 Å². The summed E-state index contributed by atoms with van der Waals surface area (Å²) in [6.07, 6.45) is -0.424. The van der Waals surface area contributed by atoms with Crippen LogP contribution >= 0.6 is 11.3 Å². The van der Waals surface area contributed by atoms with Crippen LogP contribution in [0.5, 0.6) is 5.75 Å². The maximum atomic E-state index is 12.9. The molecule has 0 bridgehead atoms. The van der Waals surface area contributed by atoms with E-state index in [0.717, 1.165) is 11.1 Å². The Bertz CT molecular complexity index is 1590. The van der Waals surface area contributed by atoms with Gasteiger partial charge in [0.15, 0.2) is 0 Å². The molecule has 0 saturated carbocycles. The monoisotopic (exact) mass is 616 g/mol. The van der Waals surface area contributed by atoms with E-state index in [0.29, 0.717) is 22.7 Å². The van der Waals surface area contributed by atoms with Crippen molar-refractivity contribution >= 4 is 35.2 Å². The van der Waals surface area contributed by atoms with Crippen LogP contribution in [-0.4, -0.2) is 40.0 Å². The molecule has 0 radical (unpaired) electrons. The lowest BCUT2D eigenvalue weighted by molar-refractivity contribution is -0.124. The summed E-state index contributed by atoms with van der Waals surface area (Å²) in [6.45, 7) is 4.07. The Morgan fingerprint density at radius 3 is 2.25 bits per heavy atom. The molecule has 1 aromatic heterocycles. The Labute approximate surface area is 258 Å². The van der Waals surface area contributed by atoms with E-state index in [1.807, 2.05) is 62.4 Å². The molecule has 0 aliphatic rings. The van der Waals surface area contributed by atoms with Gasteiger partial charge >= 0.3 is 12.1 Å². The molecule has 4 rings (SSSR count). The second-order valence-electron chi connectivity index (χ2n) is 10.2. The first-order valence-electron chi connectivity index (χ1n) is 13.8. The van der Waals surface area contributed by atoms with Crippen LogP contribution in [-0.2, 0) is 22.7 Å². The van der Waals surface area contributed by atoms with Gasteiger partial charge in [-0.05, 0) is 47.7 Å². The number of benzene rings is 3. The van der Waals surface area contributed by atoms with Gasteiger partial charge in [-0.2, -0.15) is 0 Å². The van der Waals surface area contributed by atoms with E-state index in [-0.39, 0.29) is 30.4 Å². The van der Waals surface area contributed by atoms with Crippen molar-refractivity contribution in [3.05, 3.63) is 107 Å². The van der Waals surface area contributed by atoms with Gasteiger partial charge in [0.1, 0.15) is 35.7 Å². The molecule has 0 unspecified atom stereocenters. The third-order valence-corrected chi connectivity index (χ3v) is 7.15. The number of carbonyl (C=O) groups is 4. The standard InChI is InChI=1S/C32H32N4O7S/c1-20(2)16-25(34-32(41)43-18-21-8-4-3-5-9-21)28(37)35-36-29(38)26-19-44-30(33-26)24-10-6-7-11-27(24)42-17-22-12-14-23(15-13-22)31(39)40/h3-15,19-20,25H,16-18H2,1-2H3,(H,34,41)(H,35,37)(H,36,38)(H,39,40)/t25-/m0/s1.